The van der Waals surface area contributed by atoms with Crippen molar-refractivity contribution in [2.75, 3.05) is 13.7 Å². The van der Waals surface area contributed by atoms with Gasteiger partial charge in [0.1, 0.15) is 12.4 Å². The first kappa shape index (κ1) is 11.8. The lowest BCUT2D eigenvalue weighted by Gasteiger charge is -2.07. The second kappa shape index (κ2) is 6.28. The maximum absolute atomic E-state index is 8.47. The number of benzene rings is 1. The van der Waals surface area contributed by atoms with Gasteiger partial charge in [-0.05, 0) is 17.7 Å². The van der Waals surface area contributed by atoms with E-state index < -0.39 is 5.38 Å². The Bertz CT molecular complexity index is 349. The normalized spacial score (nSPS) is 11.8. The third-order valence-corrected chi connectivity index (χ3v) is 1.97. The van der Waals surface area contributed by atoms with Gasteiger partial charge in [0, 0.05) is 7.11 Å². The molecule has 1 aromatic carbocycles. The molecule has 1 atom stereocenters. The standard InChI is InChI=1S/C11H12ClNO2/c1-14-7-9-3-2-4-11(5-9)15-8-10(12)6-13/h2-5,10H,7-8H2,1H3. The van der Waals surface area contributed by atoms with Crippen molar-refractivity contribution < 1.29 is 9.47 Å². The largest absolute Gasteiger partial charge is 0.491 e. The van der Waals surface area contributed by atoms with Gasteiger partial charge in [0.05, 0.1) is 12.7 Å². The highest BCUT2D eigenvalue weighted by Crippen LogP contribution is 2.14. The Kier molecular flexibility index (Phi) is 4.96. The number of ether oxygens (including phenoxy) is 2. The Labute approximate surface area is 94.2 Å². The van der Waals surface area contributed by atoms with Crippen molar-refractivity contribution in [3.8, 4) is 11.8 Å². The average molecular weight is 226 g/mol. The number of hydrogen-bond donors (Lipinski definition) is 0. The number of alkyl halides is 1. The monoisotopic (exact) mass is 225 g/mol. The second-order valence-corrected chi connectivity index (χ2v) is 3.51. The highest BCUT2D eigenvalue weighted by atomic mass is 35.5. The first-order valence-electron chi connectivity index (χ1n) is 4.50. The van der Waals surface area contributed by atoms with Gasteiger partial charge in [0.25, 0.3) is 0 Å². The Morgan fingerprint density at radius 1 is 1.53 bits per heavy atom. The van der Waals surface area contributed by atoms with Crippen molar-refractivity contribution in [3.63, 3.8) is 0 Å². The van der Waals surface area contributed by atoms with E-state index in [0.717, 1.165) is 5.56 Å². The van der Waals surface area contributed by atoms with Crippen LogP contribution in [-0.2, 0) is 11.3 Å². The van der Waals surface area contributed by atoms with Gasteiger partial charge in [0.2, 0.25) is 0 Å². The fraction of sp³-hybridized carbons (Fsp3) is 0.364. The molecule has 0 fully saturated rings. The first-order valence-corrected chi connectivity index (χ1v) is 4.94. The third-order valence-electron chi connectivity index (χ3n) is 1.75. The minimum Gasteiger partial charge on any atom is -0.491 e. The van der Waals surface area contributed by atoms with Gasteiger partial charge in [-0.3, -0.25) is 0 Å². The SMILES string of the molecule is COCc1cccc(OCC(Cl)C#N)c1. The molecule has 1 rings (SSSR count). The van der Waals surface area contributed by atoms with Gasteiger partial charge < -0.3 is 9.47 Å². The highest BCUT2D eigenvalue weighted by molar-refractivity contribution is 6.22. The first-order chi connectivity index (χ1) is 7.26. The van der Waals surface area contributed by atoms with Crippen LogP contribution in [0.4, 0.5) is 0 Å². The van der Waals surface area contributed by atoms with Crippen molar-refractivity contribution >= 4 is 11.6 Å². The minimum absolute atomic E-state index is 0.189. The van der Waals surface area contributed by atoms with Gasteiger partial charge in [-0.1, -0.05) is 12.1 Å². The molecule has 0 radical (unpaired) electrons. The van der Waals surface area contributed by atoms with Crippen LogP contribution in [0.5, 0.6) is 5.75 Å². The molecule has 3 nitrogen and oxygen atoms in total. The zero-order valence-electron chi connectivity index (χ0n) is 8.44. The summed E-state index contributed by atoms with van der Waals surface area (Å²) in [5.41, 5.74) is 1.03. The average Bonchev–Trinajstić information content (AvgIpc) is 2.27. The topological polar surface area (TPSA) is 42.2 Å². The van der Waals surface area contributed by atoms with E-state index in [1.54, 1.807) is 7.11 Å². The fourth-order valence-corrected chi connectivity index (χ4v) is 1.16. The summed E-state index contributed by atoms with van der Waals surface area (Å²) in [5.74, 6) is 0.699. The summed E-state index contributed by atoms with van der Waals surface area (Å²) in [4.78, 5) is 0. The molecule has 15 heavy (non-hydrogen) atoms. The van der Waals surface area contributed by atoms with Crippen molar-refractivity contribution in [2.24, 2.45) is 0 Å². The lowest BCUT2D eigenvalue weighted by atomic mass is 10.2. The summed E-state index contributed by atoms with van der Waals surface area (Å²) in [6, 6.07) is 9.39. The van der Waals surface area contributed by atoms with E-state index >= 15 is 0 Å². The second-order valence-electron chi connectivity index (χ2n) is 2.99. The van der Waals surface area contributed by atoms with Gasteiger partial charge in [-0.2, -0.15) is 5.26 Å². The van der Waals surface area contributed by atoms with Crippen LogP contribution >= 0.6 is 11.6 Å². The molecule has 0 aromatic heterocycles. The number of nitriles is 1. The Hall–Kier alpha value is -1.24. The summed E-state index contributed by atoms with van der Waals surface area (Å²) >= 11 is 5.61. The molecule has 0 saturated heterocycles. The molecule has 0 saturated carbocycles. The van der Waals surface area contributed by atoms with Crippen molar-refractivity contribution in [1.29, 1.82) is 5.26 Å². The number of hydrogen-bond acceptors (Lipinski definition) is 3. The maximum atomic E-state index is 8.47. The van der Waals surface area contributed by atoms with E-state index in [2.05, 4.69) is 0 Å². The molecule has 0 heterocycles. The molecule has 1 unspecified atom stereocenters. The zero-order chi connectivity index (χ0) is 11.1. The van der Waals surface area contributed by atoms with E-state index in [1.807, 2.05) is 30.3 Å². The van der Waals surface area contributed by atoms with Crippen LogP contribution < -0.4 is 4.74 Å². The van der Waals surface area contributed by atoms with E-state index in [9.17, 15) is 0 Å². The number of halogens is 1. The van der Waals surface area contributed by atoms with Crippen LogP contribution in [0.2, 0.25) is 0 Å². The summed E-state index contributed by atoms with van der Waals surface area (Å²) in [5, 5.41) is 7.85. The summed E-state index contributed by atoms with van der Waals surface area (Å²) in [6.45, 7) is 0.730. The fourth-order valence-electron chi connectivity index (χ4n) is 1.10. The molecule has 0 aliphatic rings. The smallest absolute Gasteiger partial charge is 0.154 e. The third kappa shape index (κ3) is 4.20. The van der Waals surface area contributed by atoms with E-state index in [-0.39, 0.29) is 6.61 Å². The lowest BCUT2D eigenvalue weighted by Crippen LogP contribution is -2.09. The molecule has 1 aromatic rings. The van der Waals surface area contributed by atoms with E-state index in [0.29, 0.717) is 12.4 Å². The summed E-state index contributed by atoms with van der Waals surface area (Å²) in [6.07, 6.45) is 0. The highest BCUT2D eigenvalue weighted by Gasteiger charge is 2.03. The van der Waals surface area contributed by atoms with Crippen molar-refractivity contribution in [1.82, 2.24) is 0 Å². The molecule has 80 valence electrons. The molecule has 0 aliphatic carbocycles. The predicted molar refractivity (Wildman–Crippen MR) is 57.9 cm³/mol. The predicted octanol–water partition coefficient (Wildman–Crippen LogP) is 2.34. The Balaban J connectivity index is 2.54. The van der Waals surface area contributed by atoms with Crippen molar-refractivity contribution in [2.45, 2.75) is 12.0 Å². The quantitative estimate of drug-likeness (QED) is 0.723. The van der Waals surface area contributed by atoms with Crippen LogP contribution in [-0.4, -0.2) is 19.1 Å². The van der Waals surface area contributed by atoms with Crippen LogP contribution in [0.25, 0.3) is 0 Å². The molecule has 0 N–H and O–H groups in total. The summed E-state index contributed by atoms with van der Waals surface area (Å²) in [7, 11) is 1.64. The molecular weight excluding hydrogens is 214 g/mol. The molecule has 0 bridgehead atoms. The van der Waals surface area contributed by atoms with Crippen LogP contribution in [0, 0.1) is 11.3 Å². The van der Waals surface area contributed by atoms with Crippen LogP contribution in [0.3, 0.4) is 0 Å². The molecule has 0 aliphatic heterocycles. The van der Waals surface area contributed by atoms with Crippen LogP contribution in [0.1, 0.15) is 5.56 Å². The van der Waals surface area contributed by atoms with Gasteiger partial charge in [-0.25, -0.2) is 0 Å². The summed E-state index contributed by atoms with van der Waals surface area (Å²) < 4.78 is 10.3. The zero-order valence-corrected chi connectivity index (χ0v) is 9.20. The lowest BCUT2D eigenvalue weighted by molar-refractivity contribution is 0.184. The molecular formula is C11H12ClNO2. The van der Waals surface area contributed by atoms with Crippen LogP contribution in [0.15, 0.2) is 24.3 Å². The maximum Gasteiger partial charge on any atom is 0.154 e. The Morgan fingerprint density at radius 2 is 2.33 bits per heavy atom. The molecule has 0 amide bonds. The minimum atomic E-state index is -0.615. The van der Waals surface area contributed by atoms with E-state index in [1.165, 1.54) is 0 Å². The van der Waals surface area contributed by atoms with Crippen molar-refractivity contribution in [3.05, 3.63) is 29.8 Å². The Morgan fingerprint density at radius 3 is 3.00 bits per heavy atom. The number of nitrogens with zero attached hydrogens (tertiary/aromatic N) is 1. The van der Waals surface area contributed by atoms with Gasteiger partial charge in [-0.15, -0.1) is 11.6 Å². The van der Waals surface area contributed by atoms with E-state index in [4.69, 9.17) is 26.3 Å². The van der Waals surface area contributed by atoms with Gasteiger partial charge in [0.15, 0.2) is 5.38 Å². The number of rotatable bonds is 5. The number of methoxy groups -OCH3 is 1. The van der Waals surface area contributed by atoms with Gasteiger partial charge >= 0.3 is 0 Å². The molecule has 4 heteroatoms. The molecule has 0 spiro atoms.